The number of benzene rings is 1. The van der Waals surface area contributed by atoms with E-state index in [1.165, 1.54) is 11.3 Å². The van der Waals surface area contributed by atoms with Crippen molar-refractivity contribution in [2.45, 2.75) is 50.4 Å². The SMILES string of the molecule is O=c1[nH]c(N2CCC3(CC2)CN(CCCO)c2ccccc23)nc2c1CCCC2. The minimum Gasteiger partial charge on any atom is -0.396 e. The predicted octanol–water partition coefficient (Wildman–Crippen LogP) is 2.39. The number of piperidine rings is 1. The third-order valence-electron chi connectivity index (χ3n) is 7.09. The van der Waals surface area contributed by atoms with Crippen LogP contribution in [0.1, 0.15) is 48.9 Å². The molecule has 6 heteroatoms. The molecule has 154 valence electrons. The van der Waals surface area contributed by atoms with Gasteiger partial charge in [-0.15, -0.1) is 0 Å². The highest BCUT2D eigenvalue weighted by Crippen LogP contribution is 2.47. The van der Waals surface area contributed by atoms with Gasteiger partial charge >= 0.3 is 0 Å². The molecule has 0 unspecified atom stereocenters. The minimum absolute atomic E-state index is 0.0615. The maximum Gasteiger partial charge on any atom is 0.255 e. The molecule has 0 saturated carbocycles. The van der Waals surface area contributed by atoms with E-state index >= 15 is 0 Å². The molecular formula is C23H30N4O2. The van der Waals surface area contributed by atoms with E-state index < -0.39 is 0 Å². The van der Waals surface area contributed by atoms with Crippen molar-refractivity contribution in [2.24, 2.45) is 0 Å². The molecule has 1 saturated heterocycles. The van der Waals surface area contributed by atoms with E-state index in [1.54, 1.807) is 0 Å². The maximum atomic E-state index is 12.5. The first-order valence-electron chi connectivity index (χ1n) is 11.0. The van der Waals surface area contributed by atoms with E-state index in [0.29, 0.717) is 0 Å². The second-order valence-electron chi connectivity index (χ2n) is 8.81. The van der Waals surface area contributed by atoms with Gasteiger partial charge in [-0.2, -0.15) is 0 Å². The summed E-state index contributed by atoms with van der Waals surface area (Å²) in [7, 11) is 0. The second kappa shape index (κ2) is 7.48. The Labute approximate surface area is 171 Å². The molecule has 5 rings (SSSR count). The second-order valence-corrected chi connectivity index (χ2v) is 8.81. The number of aliphatic hydroxyl groups excluding tert-OH is 1. The number of nitrogens with zero attached hydrogens (tertiary/aromatic N) is 3. The van der Waals surface area contributed by atoms with Crippen LogP contribution in [0, 0.1) is 0 Å². The van der Waals surface area contributed by atoms with Crippen molar-refractivity contribution in [3.63, 3.8) is 0 Å². The molecule has 1 fully saturated rings. The van der Waals surface area contributed by atoms with Gasteiger partial charge in [0.2, 0.25) is 5.95 Å². The van der Waals surface area contributed by atoms with Gasteiger partial charge in [0.15, 0.2) is 0 Å². The number of anilines is 2. The highest BCUT2D eigenvalue weighted by molar-refractivity contribution is 5.63. The Morgan fingerprint density at radius 1 is 1.14 bits per heavy atom. The molecule has 29 heavy (non-hydrogen) atoms. The van der Waals surface area contributed by atoms with Gasteiger partial charge in [-0.1, -0.05) is 18.2 Å². The molecule has 1 spiro atoms. The van der Waals surface area contributed by atoms with Crippen molar-refractivity contribution in [1.82, 2.24) is 9.97 Å². The van der Waals surface area contributed by atoms with Crippen LogP contribution in [0.15, 0.2) is 29.1 Å². The Bertz CT molecular complexity index is 946. The molecule has 2 aliphatic heterocycles. The van der Waals surface area contributed by atoms with Gasteiger partial charge in [-0.05, 0) is 56.6 Å². The van der Waals surface area contributed by atoms with Crippen molar-refractivity contribution in [1.29, 1.82) is 0 Å². The van der Waals surface area contributed by atoms with Gasteiger partial charge in [-0.3, -0.25) is 9.78 Å². The zero-order chi connectivity index (χ0) is 19.8. The fourth-order valence-corrected chi connectivity index (χ4v) is 5.51. The van der Waals surface area contributed by atoms with Gasteiger partial charge in [0.05, 0.1) is 5.69 Å². The number of aromatic nitrogens is 2. The fourth-order valence-electron chi connectivity index (χ4n) is 5.51. The number of para-hydroxylation sites is 1. The largest absolute Gasteiger partial charge is 0.396 e. The summed E-state index contributed by atoms with van der Waals surface area (Å²) in [5, 5.41) is 9.27. The van der Waals surface area contributed by atoms with E-state index in [2.05, 4.69) is 39.0 Å². The molecule has 3 aliphatic rings. The smallest absolute Gasteiger partial charge is 0.255 e. The van der Waals surface area contributed by atoms with Crippen LogP contribution in [-0.2, 0) is 18.3 Å². The lowest BCUT2D eigenvalue weighted by molar-refractivity contribution is 0.287. The molecule has 2 aromatic rings. The molecule has 1 aromatic heterocycles. The number of hydrogen-bond donors (Lipinski definition) is 2. The molecular weight excluding hydrogens is 364 g/mol. The quantitative estimate of drug-likeness (QED) is 0.833. The number of fused-ring (bicyclic) bond motifs is 3. The van der Waals surface area contributed by atoms with Crippen LogP contribution in [0.25, 0.3) is 0 Å². The molecule has 0 amide bonds. The van der Waals surface area contributed by atoms with Gasteiger partial charge in [-0.25, -0.2) is 4.98 Å². The van der Waals surface area contributed by atoms with Crippen molar-refractivity contribution < 1.29 is 5.11 Å². The van der Waals surface area contributed by atoms with Crippen LogP contribution in [0.4, 0.5) is 11.6 Å². The Balaban J connectivity index is 1.37. The minimum atomic E-state index is 0.0615. The number of aromatic amines is 1. The topological polar surface area (TPSA) is 72.5 Å². The van der Waals surface area contributed by atoms with Crippen LogP contribution in [0.5, 0.6) is 0 Å². The summed E-state index contributed by atoms with van der Waals surface area (Å²) < 4.78 is 0. The number of hydrogen-bond acceptors (Lipinski definition) is 5. The van der Waals surface area contributed by atoms with Crippen LogP contribution in [0.2, 0.25) is 0 Å². The number of H-pyrrole nitrogens is 1. The molecule has 0 atom stereocenters. The lowest BCUT2D eigenvalue weighted by Gasteiger charge is -2.40. The van der Waals surface area contributed by atoms with Crippen molar-refractivity contribution >= 4 is 11.6 Å². The number of aryl methyl sites for hydroxylation is 1. The Kier molecular flexibility index (Phi) is 4.82. The maximum absolute atomic E-state index is 12.5. The number of rotatable bonds is 4. The van der Waals surface area contributed by atoms with Crippen molar-refractivity contribution in [3.05, 3.63) is 51.4 Å². The molecule has 2 N–H and O–H groups in total. The van der Waals surface area contributed by atoms with Crippen LogP contribution < -0.4 is 15.4 Å². The molecule has 0 bridgehead atoms. The third-order valence-corrected chi connectivity index (χ3v) is 7.09. The predicted molar refractivity (Wildman–Crippen MR) is 115 cm³/mol. The third kappa shape index (κ3) is 3.23. The summed E-state index contributed by atoms with van der Waals surface area (Å²) in [6.07, 6.45) is 6.93. The summed E-state index contributed by atoms with van der Waals surface area (Å²) in [4.78, 5) is 25.1. The standard InChI is InChI=1S/C23H30N4O2/c28-15-5-12-27-16-23(18-7-2-4-9-20(18)27)10-13-26(14-11-23)22-24-19-8-3-1-6-17(19)21(29)25-22/h2,4,7,9,28H,1,3,5-6,8,10-16H2,(H,24,25,29). The van der Waals surface area contributed by atoms with Crippen LogP contribution in [0.3, 0.4) is 0 Å². The van der Waals surface area contributed by atoms with Crippen LogP contribution >= 0.6 is 0 Å². The Morgan fingerprint density at radius 2 is 1.93 bits per heavy atom. The molecule has 1 aliphatic carbocycles. The number of aliphatic hydroxyl groups is 1. The highest BCUT2D eigenvalue weighted by Gasteiger charge is 2.44. The Hall–Kier alpha value is -2.34. The Morgan fingerprint density at radius 3 is 2.76 bits per heavy atom. The summed E-state index contributed by atoms with van der Waals surface area (Å²) >= 11 is 0. The van der Waals surface area contributed by atoms with Gasteiger partial charge in [0, 0.05) is 49.5 Å². The van der Waals surface area contributed by atoms with Crippen LogP contribution in [-0.4, -0.2) is 47.9 Å². The van der Waals surface area contributed by atoms with Gasteiger partial charge in [0.1, 0.15) is 0 Å². The van der Waals surface area contributed by atoms with Gasteiger partial charge in [0.25, 0.3) is 5.56 Å². The zero-order valence-electron chi connectivity index (χ0n) is 17.0. The zero-order valence-corrected chi connectivity index (χ0v) is 17.0. The first-order valence-corrected chi connectivity index (χ1v) is 11.0. The average molecular weight is 395 g/mol. The molecule has 3 heterocycles. The molecule has 6 nitrogen and oxygen atoms in total. The first kappa shape index (κ1) is 18.7. The summed E-state index contributed by atoms with van der Waals surface area (Å²) in [6, 6.07) is 8.75. The summed E-state index contributed by atoms with van der Waals surface area (Å²) in [5.74, 6) is 0.758. The molecule has 1 aromatic carbocycles. The first-order chi connectivity index (χ1) is 14.2. The highest BCUT2D eigenvalue weighted by atomic mass is 16.3. The molecule has 0 radical (unpaired) electrons. The number of nitrogens with one attached hydrogen (secondary N) is 1. The van der Waals surface area contributed by atoms with E-state index in [0.717, 1.165) is 88.3 Å². The van der Waals surface area contributed by atoms with E-state index in [9.17, 15) is 9.90 Å². The summed E-state index contributed by atoms with van der Waals surface area (Å²) in [5.41, 5.74) is 4.91. The van der Waals surface area contributed by atoms with Gasteiger partial charge < -0.3 is 14.9 Å². The lowest BCUT2D eigenvalue weighted by Crippen LogP contribution is -2.46. The summed E-state index contributed by atoms with van der Waals surface area (Å²) in [6.45, 7) is 3.97. The van der Waals surface area contributed by atoms with Crippen molar-refractivity contribution in [2.75, 3.05) is 42.6 Å². The van der Waals surface area contributed by atoms with E-state index in [-0.39, 0.29) is 17.6 Å². The van der Waals surface area contributed by atoms with E-state index in [1.807, 2.05) is 0 Å². The van der Waals surface area contributed by atoms with E-state index in [4.69, 9.17) is 4.98 Å². The lowest BCUT2D eigenvalue weighted by atomic mass is 9.74. The van der Waals surface area contributed by atoms with Crippen molar-refractivity contribution in [3.8, 4) is 0 Å². The average Bonchev–Trinajstić information content (AvgIpc) is 3.06. The fraction of sp³-hybridized carbons (Fsp3) is 0.565. The monoisotopic (exact) mass is 394 g/mol. The normalized spacial score (nSPS) is 20.0.